The quantitative estimate of drug-likeness (QED) is 0.338. The largest absolute Gasteiger partial charge is 0.490 e. The minimum atomic E-state index is -5.08. The van der Waals surface area contributed by atoms with Gasteiger partial charge < -0.3 is 25.7 Å². The van der Waals surface area contributed by atoms with Crippen LogP contribution in [0.5, 0.6) is 0 Å². The second kappa shape index (κ2) is 14.5. The summed E-state index contributed by atoms with van der Waals surface area (Å²) >= 11 is 0. The number of nitrogens with zero attached hydrogens (tertiary/aromatic N) is 2. The van der Waals surface area contributed by atoms with Crippen molar-refractivity contribution in [2.45, 2.75) is 37.8 Å². The molecule has 4 N–H and O–H groups in total. The van der Waals surface area contributed by atoms with E-state index in [9.17, 15) is 32.7 Å². The van der Waals surface area contributed by atoms with Crippen LogP contribution in [-0.2, 0) is 25.6 Å². The van der Waals surface area contributed by atoms with Gasteiger partial charge >= 0.3 is 18.1 Å². The predicted molar refractivity (Wildman–Crippen MR) is 130 cm³/mol. The number of aromatic nitrogens is 1. The summed E-state index contributed by atoms with van der Waals surface area (Å²) in [7, 11) is 0. The summed E-state index contributed by atoms with van der Waals surface area (Å²) in [6.45, 7) is 1.61. The molecule has 1 aliphatic rings. The third kappa shape index (κ3) is 10.1. The third-order valence-corrected chi connectivity index (χ3v) is 5.54. The summed E-state index contributed by atoms with van der Waals surface area (Å²) in [5.41, 5.74) is 1.71. The SMILES string of the molecule is O=C(O)C(F)(F)F.O=C(O)CC1C(=O)N(CC(=O)NCCCCNc2ccccn2)CCc2ccccc21. The highest BCUT2D eigenvalue weighted by Gasteiger charge is 2.38. The van der Waals surface area contributed by atoms with Crippen molar-refractivity contribution < 1.29 is 42.6 Å². The van der Waals surface area contributed by atoms with E-state index in [0.717, 1.165) is 36.3 Å². The molecule has 0 bridgehead atoms. The van der Waals surface area contributed by atoms with Gasteiger partial charge in [-0.15, -0.1) is 0 Å². The molecule has 1 aromatic heterocycles. The summed E-state index contributed by atoms with van der Waals surface area (Å²) in [5.74, 6) is -4.26. The molecular weight excluding hydrogens is 509 g/mol. The number of unbranched alkanes of at least 4 members (excludes halogenated alkanes) is 1. The van der Waals surface area contributed by atoms with Gasteiger partial charge in [-0.1, -0.05) is 30.3 Å². The van der Waals surface area contributed by atoms with Gasteiger partial charge in [0.05, 0.1) is 18.9 Å². The zero-order chi connectivity index (χ0) is 28.1. The highest BCUT2D eigenvalue weighted by molar-refractivity contribution is 5.91. The average molecular weight is 539 g/mol. The molecule has 10 nitrogen and oxygen atoms in total. The summed E-state index contributed by atoms with van der Waals surface area (Å²) in [4.78, 5) is 51.3. The van der Waals surface area contributed by atoms with Gasteiger partial charge in [-0.2, -0.15) is 13.2 Å². The van der Waals surface area contributed by atoms with Crippen molar-refractivity contribution in [3.63, 3.8) is 0 Å². The molecule has 1 atom stereocenters. The lowest BCUT2D eigenvalue weighted by atomic mass is 9.91. The number of aliphatic carboxylic acids is 2. The van der Waals surface area contributed by atoms with E-state index in [1.807, 2.05) is 42.5 Å². The smallest absolute Gasteiger partial charge is 0.481 e. The van der Waals surface area contributed by atoms with Gasteiger partial charge in [0.25, 0.3) is 0 Å². The maximum absolute atomic E-state index is 13.0. The number of carbonyl (C=O) groups is 4. The number of fused-ring (bicyclic) bond motifs is 1. The zero-order valence-electron chi connectivity index (χ0n) is 20.4. The summed E-state index contributed by atoms with van der Waals surface area (Å²) < 4.78 is 31.7. The van der Waals surface area contributed by atoms with Crippen LogP contribution in [0.3, 0.4) is 0 Å². The van der Waals surface area contributed by atoms with Gasteiger partial charge in [0.15, 0.2) is 0 Å². The Balaban J connectivity index is 0.000000638. The predicted octanol–water partition coefficient (Wildman–Crippen LogP) is 2.67. The van der Waals surface area contributed by atoms with Gasteiger partial charge in [0, 0.05) is 25.8 Å². The number of pyridine rings is 1. The second-order valence-corrected chi connectivity index (χ2v) is 8.36. The first kappa shape index (κ1) is 30.1. The van der Waals surface area contributed by atoms with Gasteiger partial charge in [0.2, 0.25) is 11.8 Å². The minimum Gasteiger partial charge on any atom is -0.481 e. The van der Waals surface area contributed by atoms with Crippen LogP contribution < -0.4 is 10.6 Å². The summed E-state index contributed by atoms with van der Waals surface area (Å²) in [6, 6.07) is 13.1. The molecule has 3 rings (SSSR count). The van der Waals surface area contributed by atoms with Crippen molar-refractivity contribution in [1.82, 2.24) is 15.2 Å². The van der Waals surface area contributed by atoms with Crippen molar-refractivity contribution in [3.05, 3.63) is 59.8 Å². The summed E-state index contributed by atoms with van der Waals surface area (Å²) in [6.07, 6.45) is -1.37. The van der Waals surface area contributed by atoms with E-state index in [1.165, 1.54) is 4.90 Å². The van der Waals surface area contributed by atoms with Crippen LogP contribution >= 0.6 is 0 Å². The number of rotatable bonds is 10. The van der Waals surface area contributed by atoms with E-state index in [0.29, 0.717) is 19.5 Å². The van der Waals surface area contributed by atoms with Gasteiger partial charge in [-0.05, 0) is 42.5 Å². The molecule has 0 aliphatic carbocycles. The second-order valence-electron chi connectivity index (χ2n) is 8.36. The van der Waals surface area contributed by atoms with E-state index in [4.69, 9.17) is 9.90 Å². The van der Waals surface area contributed by atoms with Crippen molar-refractivity contribution in [3.8, 4) is 0 Å². The number of nitrogens with one attached hydrogen (secondary N) is 2. The molecule has 0 saturated carbocycles. The number of carboxylic acid groups (broad SMARTS) is 2. The van der Waals surface area contributed by atoms with E-state index in [2.05, 4.69) is 15.6 Å². The fourth-order valence-corrected chi connectivity index (χ4v) is 3.74. The van der Waals surface area contributed by atoms with Crippen LogP contribution in [0.4, 0.5) is 19.0 Å². The van der Waals surface area contributed by atoms with Crippen LogP contribution in [0.1, 0.15) is 36.3 Å². The number of halogens is 3. The van der Waals surface area contributed by atoms with E-state index < -0.39 is 24.0 Å². The third-order valence-electron chi connectivity index (χ3n) is 5.54. The van der Waals surface area contributed by atoms with E-state index >= 15 is 0 Å². The number of hydrogen-bond donors (Lipinski definition) is 4. The number of carbonyl (C=O) groups excluding carboxylic acids is 2. The van der Waals surface area contributed by atoms with Gasteiger partial charge in [-0.25, -0.2) is 9.78 Å². The molecule has 0 spiro atoms. The molecule has 38 heavy (non-hydrogen) atoms. The lowest BCUT2D eigenvalue weighted by Gasteiger charge is -2.23. The topological polar surface area (TPSA) is 149 Å². The molecule has 1 aromatic carbocycles. The molecule has 0 fully saturated rings. The normalized spacial score (nSPS) is 14.9. The Kier molecular flexibility index (Phi) is 11.5. The molecule has 206 valence electrons. The van der Waals surface area contributed by atoms with E-state index in [1.54, 1.807) is 6.20 Å². The molecule has 1 unspecified atom stereocenters. The Labute approximate surface area is 216 Å². The highest BCUT2D eigenvalue weighted by Crippen LogP contribution is 2.29. The van der Waals surface area contributed by atoms with Crippen LogP contribution in [-0.4, -0.2) is 76.2 Å². The first-order valence-corrected chi connectivity index (χ1v) is 11.8. The molecule has 0 saturated heterocycles. The molecule has 1 aliphatic heterocycles. The lowest BCUT2D eigenvalue weighted by molar-refractivity contribution is -0.192. The number of benzene rings is 1. The Morgan fingerprint density at radius 1 is 1.03 bits per heavy atom. The molecule has 2 aromatic rings. The Morgan fingerprint density at radius 2 is 1.68 bits per heavy atom. The Hall–Kier alpha value is -4.16. The minimum absolute atomic E-state index is 0.0604. The lowest BCUT2D eigenvalue weighted by Crippen LogP contribution is -2.43. The number of amides is 2. The van der Waals surface area contributed by atoms with Crippen LogP contribution in [0.2, 0.25) is 0 Å². The average Bonchev–Trinajstić information content (AvgIpc) is 2.99. The molecular formula is C25H29F3N4O6. The van der Waals surface area contributed by atoms with Gasteiger partial charge in [0.1, 0.15) is 5.82 Å². The maximum atomic E-state index is 13.0. The first-order valence-electron chi connectivity index (χ1n) is 11.8. The van der Waals surface area contributed by atoms with Crippen LogP contribution in [0.15, 0.2) is 48.7 Å². The molecule has 2 heterocycles. The fraction of sp³-hybridized carbons (Fsp3) is 0.400. The fourth-order valence-electron chi connectivity index (χ4n) is 3.74. The van der Waals surface area contributed by atoms with Crippen LogP contribution in [0.25, 0.3) is 0 Å². The maximum Gasteiger partial charge on any atom is 0.490 e. The molecule has 13 heteroatoms. The molecule has 2 amide bonds. The van der Waals surface area contributed by atoms with Crippen molar-refractivity contribution in [2.75, 3.05) is 31.5 Å². The highest BCUT2D eigenvalue weighted by atomic mass is 19.4. The number of hydrogen-bond acceptors (Lipinski definition) is 6. The number of carboxylic acids is 2. The summed E-state index contributed by atoms with van der Waals surface area (Å²) in [5, 5.41) is 22.5. The van der Waals surface area contributed by atoms with Crippen molar-refractivity contribution in [1.29, 1.82) is 0 Å². The Bertz CT molecular complexity index is 1100. The zero-order valence-corrected chi connectivity index (χ0v) is 20.4. The Morgan fingerprint density at radius 3 is 2.32 bits per heavy atom. The van der Waals surface area contributed by atoms with Crippen LogP contribution in [0, 0.1) is 0 Å². The number of alkyl halides is 3. The van der Waals surface area contributed by atoms with E-state index in [-0.39, 0.29) is 24.8 Å². The van der Waals surface area contributed by atoms with Crippen molar-refractivity contribution in [2.24, 2.45) is 0 Å². The first-order chi connectivity index (χ1) is 18.0. The van der Waals surface area contributed by atoms with Gasteiger partial charge in [-0.3, -0.25) is 14.4 Å². The standard InChI is InChI=1S/C23H28N4O4.C2HF3O2/c28-21(26-13-6-5-12-25-20-9-3-4-11-24-20)16-27-14-10-17-7-1-2-8-18(17)19(23(27)31)15-22(29)30;3-2(4,5)1(6)7/h1-4,7-9,11,19H,5-6,10,12-16H2,(H,24,25)(H,26,28)(H,29,30);(H,6,7). The monoisotopic (exact) mass is 538 g/mol. The van der Waals surface area contributed by atoms with Crippen molar-refractivity contribution >= 4 is 29.6 Å². The number of anilines is 1. The molecule has 0 radical (unpaired) electrons.